The second-order valence-corrected chi connectivity index (χ2v) is 4.52. The van der Waals surface area contributed by atoms with E-state index in [2.05, 4.69) is 42.5 Å². The molecule has 0 aliphatic rings. The number of fused-ring (bicyclic) bond motifs is 2. The molecule has 0 atom stereocenters. The summed E-state index contributed by atoms with van der Waals surface area (Å²) in [4.78, 5) is 17.4. The van der Waals surface area contributed by atoms with Crippen LogP contribution in [0.4, 0.5) is 0 Å². The topological polar surface area (TPSA) is 51.6 Å². The first-order valence-electron chi connectivity index (χ1n) is 4.78. The number of halogens is 1. The maximum Gasteiger partial charge on any atom is 0.105 e. The Morgan fingerprint density at radius 1 is 0.750 bits per heavy atom. The van der Waals surface area contributed by atoms with Crippen LogP contribution in [-0.4, -0.2) is 19.9 Å². The predicted molar refractivity (Wildman–Crippen MR) is 70.1 cm³/mol. The zero-order chi connectivity index (χ0) is 11.1. The van der Waals surface area contributed by atoms with Crippen molar-refractivity contribution >= 4 is 44.7 Å². The fourth-order valence-corrected chi connectivity index (χ4v) is 2.56. The van der Waals surface area contributed by atoms with E-state index in [-0.39, 0.29) is 0 Å². The quantitative estimate of drug-likeness (QED) is 0.471. The van der Waals surface area contributed by atoms with Crippen molar-refractivity contribution in [3.8, 4) is 0 Å². The van der Waals surface area contributed by atoms with Gasteiger partial charge in [-0.3, -0.25) is 19.9 Å². The lowest BCUT2D eigenvalue weighted by Gasteiger charge is -2.06. The van der Waals surface area contributed by atoms with Crippen LogP contribution in [-0.2, 0) is 0 Å². The normalized spacial score (nSPS) is 11.1. The van der Waals surface area contributed by atoms with Gasteiger partial charge < -0.3 is 0 Å². The summed E-state index contributed by atoms with van der Waals surface area (Å²) < 4.78 is 1.01. The first-order chi connectivity index (χ1) is 7.79. The van der Waals surface area contributed by atoms with Gasteiger partial charge in [-0.15, -0.1) is 0 Å². The third-order valence-corrected chi connectivity index (χ3v) is 3.54. The fraction of sp³-hybridized carbons (Fsp3) is 0.0909. The number of nitrogens with zero attached hydrogens (tertiary/aromatic N) is 4. The lowest BCUT2D eigenvalue weighted by molar-refractivity contribution is 1.23. The van der Waals surface area contributed by atoms with Crippen molar-refractivity contribution in [1.82, 2.24) is 19.9 Å². The number of aromatic nitrogens is 4. The Hall–Kier alpha value is -1.37. The van der Waals surface area contributed by atoms with Gasteiger partial charge in [-0.1, -0.05) is 0 Å². The van der Waals surface area contributed by atoms with E-state index in [9.17, 15) is 0 Å². The maximum absolute atomic E-state index is 4.36. The molecule has 16 heavy (non-hydrogen) atoms. The molecule has 0 saturated carbocycles. The van der Waals surface area contributed by atoms with Gasteiger partial charge >= 0.3 is 0 Å². The molecule has 5 heteroatoms. The molecular weight excluding hydrogens is 315 g/mol. The van der Waals surface area contributed by atoms with Gasteiger partial charge in [0.15, 0.2) is 0 Å². The van der Waals surface area contributed by atoms with Crippen LogP contribution in [0.3, 0.4) is 0 Å². The van der Waals surface area contributed by atoms with Gasteiger partial charge in [0, 0.05) is 30.4 Å². The average Bonchev–Trinajstić information content (AvgIpc) is 2.36. The molecule has 0 unspecified atom stereocenters. The first kappa shape index (κ1) is 9.83. The molecule has 3 rings (SSSR count). The number of rotatable bonds is 0. The van der Waals surface area contributed by atoms with Gasteiger partial charge in [0.25, 0.3) is 0 Å². The van der Waals surface area contributed by atoms with Crippen LogP contribution < -0.4 is 0 Å². The minimum Gasteiger partial charge on any atom is -0.253 e. The van der Waals surface area contributed by atoms with Crippen LogP contribution in [0, 0.1) is 10.5 Å². The molecule has 0 saturated heterocycles. The summed E-state index contributed by atoms with van der Waals surface area (Å²) in [7, 11) is 0. The van der Waals surface area contributed by atoms with Crippen LogP contribution in [0.1, 0.15) is 5.56 Å². The largest absolute Gasteiger partial charge is 0.253 e. The first-order valence-corrected chi connectivity index (χ1v) is 5.86. The molecule has 2 aromatic heterocycles. The van der Waals surface area contributed by atoms with Crippen molar-refractivity contribution in [3.63, 3.8) is 0 Å². The van der Waals surface area contributed by atoms with E-state index >= 15 is 0 Å². The van der Waals surface area contributed by atoms with E-state index in [0.717, 1.165) is 31.2 Å². The summed E-state index contributed by atoms with van der Waals surface area (Å²) in [5.41, 5.74) is 4.63. The minimum atomic E-state index is 0.897. The fourth-order valence-electron chi connectivity index (χ4n) is 1.77. The Morgan fingerprint density at radius 2 is 1.12 bits per heavy atom. The van der Waals surface area contributed by atoms with E-state index in [4.69, 9.17) is 0 Å². The van der Waals surface area contributed by atoms with Crippen molar-refractivity contribution in [2.75, 3.05) is 0 Å². The molecule has 2 heterocycles. The molecule has 0 bridgehead atoms. The van der Waals surface area contributed by atoms with Crippen molar-refractivity contribution in [1.29, 1.82) is 0 Å². The Morgan fingerprint density at radius 3 is 1.56 bits per heavy atom. The van der Waals surface area contributed by atoms with Crippen molar-refractivity contribution in [3.05, 3.63) is 33.9 Å². The summed E-state index contributed by atoms with van der Waals surface area (Å²) in [5, 5.41) is 0. The average molecular weight is 322 g/mol. The van der Waals surface area contributed by atoms with E-state index in [1.165, 1.54) is 0 Å². The van der Waals surface area contributed by atoms with E-state index in [0.29, 0.717) is 0 Å². The third kappa shape index (κ3) is 1.27. The highest BCUT2D eigenvalue weighted by Gasteiger charge is 2.12. The smallest absolute Gasteiger partial charge is 0.105 e. The molecule has 0 radical (unpaired) electrons. The number of hydrogen-bond acceptors (Lipinski definition) is 4. The number of benzene rings is 1. The Balaban J connectivity index is 2.67. The zero-order valence-corrected chi connectivity index (χ0v) is 10.6. The van der Waals surface area contributed by atoms with Gasteiger partial charge in [-0.2, -0.15) is 0 Å². The van der Waals surface area contributed by atoms with Gasteiger partial charge in [-0.25, -0.2) is 0 Å². The highest BCUT2D eigenvalue weighted by molar-refractivity contribution is 14.1. The van der Waals surface area contributed by atoms with E-state index in [1.807, 2.05) is 6.92 Å². The lowest BCUT2D eigenvalue weighted by Crippen LogP contribution is -1.95. The van der Waals surface area contributed by atoms with E-state index in [1.54, 1.807) is 24.8 Å². The Bertz CT molecular complexity index is 579. The molecule has 0 aliphatic carbocycles. The van der Waals surface area contributed by atoms with Crippen molar-refractivity contribution in [2.24, 2.45) is 0 Å². The molecular formula is C11H7IN4. The minimum absolute atomic E-state index is 0.897. The van der Waals surface area contributed by atoms with Crippen molar-refractivity contribution < 1.29 is 0 Å². The SMILES string of the molecule is Cc1c2nccnc2c(I)c2nccnc12. The van der Waals surface area contributed by atoms with Crippen LogP contribution in [0.2, 0.25) is 0 Å². The summed E-state index contributed by atoms with van der Waals surface area (Å²) in [6, 6.07) is 0. The van der Waals surface area contributed by atoms with Crippen LogP contribution in [0.15, 0.2) is 24.8 Å². The molecule has 0 amide bonds. The summed E-state index contributed by atoms with van der Waals surface area (Å²) in [6.07, 6.45) is 6.81. The highest BCUT2D eigenvalue weighted by atomic mass is 127. The van der Waals surface area contributed by atoms with Crippen LogP contribution >= 0.6 is 22.6 Å². The molecule has 3 aromatic rings. The van der Waals surface area contributed by atoms with Crippen molar-refractivity contribution in [2.45, 2.75) is 6.92 Å². The zero-order valence-electron chi connectivity index (χ0n) is 8.48. The van der Waals surface area contributed by atoms with Crippen LogP contribution in [0.5, 0.6) is 0 Å². The second kappa shape index (κ2) is 3.58. The molecule has 0 fully saturated rings. The molecule has 78 valence electrons. The van der Waals surface area contributed by atoms with Crippen LogP contribution in [0.25, 0.3) is 22.1 Å². The summed E-state index contributed by atoms with van der Waals surface area (Å²) in [5.74, 6) is 0. The van der Waals surface area contributed by atoms with Gasteiger partial charge in [0.05, 0.1) is 14.6 Å². The molecule has 4 nitrogen and oxygen atoms in total. The standard InChI is InChI=1S/C11H7IN4/c1-6-8-10(15-4-2-13-8)7(12)11-9(6)14-3-5-16-11/h2-5H,1H3. The second-order valence-electron chi connectivity index (χ2n) is 3.45. The summed E-state index contributed by atoms with van der Waals surface area (Å²) >= 11 is 2.25. The van der Waals surface area contributed by atoms with E-state index < -0.39 is 0 Å². The molecule has 0 aliphatic heterocycles. The molecule has 0 spiro atoms. The Labute approximate surface area is 105 Å². The molecule has 0 N–H and O–H groups in total. The van der Waals surface area contributed by atoms with Gasteiger partial charge in [-0.05, 0) is 29.5 Å². The Kier molecular flexibility index (Phi) is 2.20. The monoisotopic (exact) mass is 322 g/mol. The maximum atomic E-state index is 4.36. The number of aryl methyl sites for hydroxylation is 1. The molecule has 1 aromatic carbocycles. The lowest BCUT2D eigenvalue weighted by atomic mass is 10.1. The van der Waals surface area contributed by atoms with Gasteiger partial charge in [0.2, 0.25) is 0 Å². The highest BCUT2D eigenvalue weighted by Crippen LogP contribution is 2.27. The predicted octanol–water partition coefficient (Wildman–Crippen LogP) is 2.49. The van der Waals surface area contributed by atoms with Gasteiger partial charge in [0.1, 0.15) is 11.0 Å². The number of hydrogen-bond donors (Lipinski definition) is 0. The summed E-state index contributed by atoms with van der Waals surface area (Å²) in [6.45, 7) is 2.00. The third-order valence-electron chi connectivity index (χ3n) is 2.52.